The number of rotatable bonds is 8. The number of anilines is 1. The van der Waals surface area contributed by atoms with E-state index in [1.807, 2.05) is 68.4 Å². The van der Waals surface area contributed by atoms with Gasteiger partial charge in [0.15, 0.2) is 5.16 Å². The Morgan fingerprint density at radius 3 is 2.52 bits per heavy atom. The molecule has 5 nitrogen and oxygen atoms in total. The highest BCUT2D eigenvalue weighted by molar-refractivity contribution is 8.00. The monoisotopic (exact) mass is 380 g/mol. The van der Waals surface area contributed by atoms with Crippen LogP contribution in [0, 0.1) is 0 Å². The number of hydrogen-bond acceptors (Lipinski definition) is 5. The van der Waals surface area contributed by atoms with E-state index >= 15 is 0 Å². The molecule has 0 aliphatic carbocycles. The van der Waals surface area contributed by atoms with Gasteiger partial charge in [-0.25, -0.2) is 9.97 Å². The first-order valence-electron chi connectivity index (χ1n) is 9.20. The quantitative estimate of drug-likeness (QED) is 0.452. The maximum absolute atomic E-state index is 12.6. The van der Waals surface area contributed by atoms with Gasteiger partial charge in [0.1, 0.15) is 5.82 Å². The Morgan fingerprint density at radius 1 is 1.04 bits per heavy atom. The summed E-state index contributed by atoms with van der Waals surface area (Å²) in [6, 6.07) is 17.8. The van der Waals surface area contributed by atoms with E-state index < -0.39 is 0 Å². The summed E-state index contributed by atoms with van der Waals surface area (Å²) < 4.78 is 0. The number of thioether (sulfide) groups is 1. The van der Waals surface area contributed by atoms with Crippen LogP contribution in [0.15, 0.2) is 59.8 Å². The highest BCUT2D eigenvalue weighted by atomic mass is 32.2. The molecule has 2 aromatic carbocycles. The molecule has 0 radical (unpaired) electrons. The van der Waals surface area contributed by atoms with Crippen molar-refractivity contribution in [2.75, 3.05) is 11.9 Å². The zero-order chi connectivity index (χ0) is 19.1. The third kappa shape index (κ3) is 4.98. The van der Waals surface area contributed by atoms with Crippen molar-refractivity contribution in [1.82, 2.24) is 15.3 Å². The van der Waals surface area contributed by atoms with Gasteiger partial charge in [-0.1, -0.05) is 61.2 Å². The van der Waals surface area contributed by atoms with Crippen LogP contribution in [-0.4, -0.2) is 27.7 Å². The van der Waals surface area contributed by atoms with Gasteiger partial charge in [-0.15, -0.1) is 0 Å². The molecule has 1 aromatic heterocycles. The topological polar surface area (TPSA) is 66.9 Å². The molecule has 3 aromatic rings. The molecule has 2 N–H and O–H groups in total. The minimum absolute atomic E-state index is 0.00751. The summed E-state index contributed by atoms with van der Waals surface area (Å²) in [6.07, 6.45) is 0.706. The standard InChI is InChI=1S/C21H24N4OS/c1-3-18(20(26)23-14-15-10-6-5-7-11-15)27-21-24-17-13-9-8-12-16(17)19(25-21)22-4-2/h5-13,18H,3-4,14H2,1-2H3,(H,23,26)(H,22,24,25). The maximum Gasteiger partial charge on any atom is 0.233 e. The number of para-hydroxylation sites is 1. The minimum atomic E-state index is -0.232. The predicted octanol–water partition coefficient (Wildman–Crippen LogP) is 4.25. The number of fused-ring (bicyclic) bond motifs is 1. The third-order valence-electron chi connectivity index (χ3n) is 4.15. The van der Waals surface area contributed by atoms with Gasteiger partial charge in [-0.2, -0.15) is 0 Å². The Morgan fingerprint density at radius 2 is 1.78 bits per heavy atom. The second-order valence-corrected chi connectivity index (χ2v) is 7.29. The molecule has 1 heterocycles. The van der Waals surface area contributed by atoms with Crippen molar-refractivity contribution in [2.24, 2.45) is 0 Å². The van der Waals surface area contributed by atoms with Gasteiger partial charge in [0.2, 0.25) is 5.91 Å². The molecule has 27 heavy (non-hydrogen) atoms. The van der Waals surface area contributed by atoms with Gasteiger partial charge < -0.3 is 10.6 Å². The van der Waals surface area contributed by atoms with Crippen molar-refractivity contribution in [3.8, 4) is 0 Å². The van der Waals surface area contributed by atoms with E-state index in [1.165, 1.54) is 11.8 Å². The number of hydrogen-bond donors (Lipinski definition) is 2. The lowest BCUT2D eigenvalue weighted by atomic mass is 10.2. The average Bonchev–Trinajstić information content (AvgIpc) is 2.71. The number of amides is 1. The zero-order valence-electron chi connectivity index (χ0n) is 15.6. The minimum Gasteiger partial charge on any atom is -0.370 e. The fraction of sp³-hybridized carbons (Fsp3) is 0.286. The van der Waals surface area contributed by atoms with E-state index in [4.69, 9.17) is 0 Å². The Bertz CT molecular complexity index is 901. The summed E-state index contributed by atoms with van der Waals surface area (Å²) in [4.78, 5) is 21.9. The molecule has 0 saturated carbocycles. The molecule has 0 aliphatic heterocycles. The van der Waals surface area contributed by atoms with Gasteiger partial charge in [0, 0.05) is 18.5 Å². The first-order chi connectivity index (χ1) is 13.2. The van der Waals surface area contributed by atoms with Gasteiger partial charge in [-0.3, -0.25) is 4.79 Å². The molecule has 1 amide bonds. The molecule has 140 valence electrons. The van der Waals surface area contributed by atoms with Crippen LogP contribution < -0.4 is 10.6 Å². The van der Waals surface area contributed by atoms with Crippen molar-refractivity contribution in [3.63, 3.8) is 0 Å². The lowest BCUT2D eigenvalue weighted by Crippen LogP contribution is -2.32. The highest BCUT2D eigenvalue weighted by Gasteiger charge is 2.20. The summed E-state index contributed by atoms with van der Waals surface area (Å²) in [6.45, 7) is 5.35. The number of nitrogens with zero attached hydrogens (tertiary/aromatic N) is 2. The van der Waals surface area contributed by atoms with Crippen LogP contribution in [0.4, 0.5) is 5.82 Å². The van der Waals surface area contributed by atoms with Crippen molar-refractivity contribution in [3.05, 3.63) is 60.2 Å². The van der Waals surface area contributed by atoms with E-state index in [-0.39, 0.29) is 11.2 Å². The molecule has 0 spiro atoms. The molecule has 0 fully saturated rings. The number of aromatic nitrogens is 2. The van der Waals surface area contributed by atoms with Gasteiger partial charge in [0.25, 0.3) is 0 Å². The first-order valence-corrected chi connectivity index (χ1v) is 10.1. The predicted molar refractivity (Wildman–Crippen MR) is 112 cm³/mol. The van der Waals surface area contributed by atoms with E-state index in [1.54, 1.807) is 0 Å². The molecule has 0 aliphatic rings. The summed E-state index contributed by atoms with van der Waals surface area (Å²) in [5, 5.41) is 7.69. The highest BCUT2D eigenvalue weighted by Crippen LogP contribution is 2.28. The molecule has 1 atom stereocenters. The second kappa shape index (κ2) is 9.37. The Hall–Kier alpha value is -2.60. The molecule has 0 saturated heterocycles. The Kier molecular flexibility index (Phi) is 6.65. The van der Waals surface area contributed by atoms with Crippen LogP contribution in [-0.2, 0) is 11.3 Å². The fourth-order valence-electron chi connectivity index (χ4n) is 2.76. The third-order valence-corrected chi connectivity index (χ3v) is 5.37. The molecular weight excluding hydrogens is 356 g/mol. The van der Waals surface area contributed by atoms with E-state index in [9.17, 15) is 4.79 Å². The second-order valence-electron chi connectivity index (χ2n) is 6.12. The van der Waals surface area contributed by atoms with Crippen LogP contribution in [0.3, 0.4) is 0 Å². The molecular formula is C21H24N4OS. The van der Waals surface area contributed by atoms with Gasteiger partial charge in [0.05, 0.1) is 10.8 Å². The average molecular weight is 381 g/mol. The largest absolute Gasteiger partial charge is 0.370 e. The van der Waals surface area contributed by atoms with Crippen LogP contribution in [0.2, 0.25) is 0 Å². The smallest absolute Gasteiger partial charge is 0.233 e. The Labute approximate surface area is 164 Å². The Balaban J connectivity index is 1.74. The van der Waals surface area contributed by atoms with Crippen LogP contribution in [0.1, 0.15) is 25.8 Å². The molecule has 0 bridgehead atoms. The summed E-state index contributed by atoms with van der Waals surface area (Å²) in [7, 11) is 0. The van der Waals surface area contributed by atoms with Crippen molar-refractivity contribution >= 4 is 34.4 Å². The summed E-state index contributed by atoms with van der Waals surface area (Å²) >= 11 is 1.41. The summed E-state index contributed by atoms with van der Waals surface area (Å²) in [5.74, 6) is 0.818. The van der Waals surface area contributed by atoms with E-state index in [2.05, 4.69) is 20.6 Å². The zero-order valence-corrected chi connectivity index (χ0v) is 16.4. The number of benzene rings is 2. The van der Waals surface area contributed by atoms with E-state index in [0.717, 1.165) is 28.8 Å². The van der Waals surface area contributed by atoms with Crippen molar-refractivity contribution < 1.29 is 4.79 Å². The lowest BCUT2D eigenvalue weighted by Gasteiger charge is -2.15. The number of carbonyl (C=O) groups excluding carboxylic acids is 1. The fourth-order valence-corrected chi connectivity index (χ4v) is 3.67. The normalized spacial score (nSPS) is 11.9. The number of carbonyl (C=O) groups is 1. The maximum atomic E-state index is 12.6. The molecule has 3 rings (SSSR count). The van der Waals surface area contributed by atoms with Crippen molar-refractivity contribution in [1.29, 1.82) is 0 Å². The molecule has 1 unspecified atom stereocenters. The van der Waals surface area contributed by atoms with Crippen LogP contribution >= 0.6 is 11.8 Å². The van der Waals surface area contributed by atoms with Crippen molar-refractivity contribution in [2.45, 2.75) is 37.2 Å². The number of nitrogens with one attached hydrogen (secondary N) is 2. The van der Waals surface area contributed by atoms with Gasteiger partial charge in [-0.05, 0) is 31.0 Å². The van der Waals surface area contributed by atoms with Crippen LogP contribution in [0.5, 0.6) is 0 Å². The van der Waals surface area contributed by atoms with E-state index in [0.29, 0.717) is 18.1 Å². The summed E-state index contributed by atoms with van der Waals surface area (Å²) in [5.41, 5.74) is 1.97. The first kappa shape index (κ1) is 19.2. The molecule has 6 heteroatoms. The van der Waals surface area contributed by atoms with Crippen LogP contribution in [0.25, 0.3) is 10.9 Å². The lowest BCUT2D eigenvalue weighted by molar-refractivity contribution is -0.120. The van der Waals surface area contributed by atoms with Gasteiger partial charge >= 0.3 is 0 Å². The SMILES string of the molecule is CCNc1nc(SC(CC)C(=O)NCc2ccccc2)nc2ccccc12.